The van der Waals surface area contributed by atoms with Crippen LogP contribution in [-0.4, -0.2) is 34.8 Å². The molecule has 3 rings (SSSR count). The Balaban J connectivity index is 2.02. The third kappa shape index (κ3) is 1.93. The summed E-state index contributed by atoms with van der Waals surface area (Å²) in [6.45, 7) is 4.52. The quantitative estimate of drug-likeness (QED) is 0.768. The van der Waals surface area contributed by atoms with Crippen LogP contribution in [0.2, 0.25) is 0 Å². The fourth-order valence-electron chi connectivity index (χ4n) is 2.98. The molecule has 0 N–H and O–H groups in total. The molecule has 0 saturated carbocycles. The van der Waals surface area contributed by atoms with Crippen LogP contribution in [0.1, 0.15) is 30.0 Å². The molecule has 0 atom stereocenters. The molecular weight excluding hydrogens is 222 g/mol. The third-order valence-electron chi connectivity index (χ3n) is 4.14. The molecule has 18 heavy (non-hydrogen) atoms. The van der Waals surface area contributed by atoms with Crippen LogP contribution in [-0.2, 0) is 7.05 Å². The summed E-state index contributed by atoms with van der Waals surface area (Å²) in [6.07, 6.45) is 2.47. The Bertz CT molecular complexity index is 562. The maximum absolute atomic E-state index is 4.78. The van der Waals surface area contributed by atoms with Gasteiger partial charge in [-0.25, -0.2) is 0 Å². The summed E-state index contributed by atoms with van der Waals surface area (Å²) in [6, 6.07) is 6.68. The van der Waals surface area contributed by atoms with Crippen molar-refractivity contribution >= 4 is 10.9 Å². The van der Waals surface area contributed by atoms with Gasteiger partial charge in [0.2, 0.25) is 0 Å². The molecule has 1 aromatic carbocycles. The highest BCUT2D eigenvalue weighted by molar-refractivity contribution is 5.83. The number of benzene rings is 1. The van der Waals surface area contributed by atoms with Gasteiger partial charge >= 0.3 is 0 Å². The summed E-state index contributed by atoms with van der Waals surface area (Å²) >= 11 is 0. The van der Waals surface area contributed by atoms with E-state index in [9.17, 15) is 0 Å². The Kier molecular flexibility index (Phi) is 2.86. The molecule has 0 bridgehead atoms. The van der Waals surface area contributed by atoms with Crippen LogP contribution in [0.25, 0.3) is 10.9 Å². The maximum atomic E-state index is 4.78. The monoisotopic (exact) mass is 243 g/mol. The van der Waals surface area contributed by atoms with Crippen molar-refractivity contribution in [2.45, 2.75) is 25.7 Å². The van der Waals surface area contributed by atoms with Gasteiger partial charge in [-0.2, -0.15) is 5.10 Å². The predicted octanol–water partition coefficient (Wildman–Crippen LogP) is 2.69. The lowest BCUT2D eigenvalue weighted by Crippen LogP contribution is -2.29. The first-order valence-electron chi connectivity index (χ1n) is 6.77. The van der Waals surface area contributed by atoms with E-state index in [0.717, 1.165) is 0 Å². The van der Waals surface area contributed by atoms with Gasteiger partial charge in [-0.05, 0) is 51.5 Å². The number of fused-ring (bicyclic) bond motifs is 1. The van der Waals surface area contributed by atoms with Crippen LogP contribution in [0.3, 0.4) is 0 Å². The molecule has 1 aromatic heterocycles. The summed E-state index contributed by atoms with van der Waals surface area (Å²) in [5.41, 5.74) is 3.88. The lowest BCUT2D eigenvalue weighted by atomic mass is 9.92. The van der Waals surface area contributed by atoms with Gasteiger partial charge in [-0.3, -0.25) is 4.68 Å². The molecule has 0 amide bonds. The van der Waals surface area contributed by atoms with Gasteiger partial charge in [0.15, 0.2) is 0 Å². The van der Waals surface area contributed by atoms with E-state index in [1.54, 1.807) is 0 Å². The van der Waals surface area contributed by atoms with Gasteiger partial charge < -0.3 is 4.90 Å². The lowest BCUT2D eigenvalue weighted by Gasteiger charge is -2.28. The second-order valence-corrected chi connectivity index (χ2v) is 5.61. The Hall–Kier alpha value is -1.35. The van der Waals surface area contributed by atoms with Gasteiger partial charge in [0.25, 0.3) is 0 Å². The fourth-order valence-corrected chi connectivity index (χ4v) is 2.98. The Morgan fingerprint density at radius 3 is 2.61 bits per heavy atom. The van der Waals surface area contributed by atoms with Crippen molar-refractivity contribution in [2.24, 2.45) is 7.05 Å². The smallest absolute Gasteiger partial charge is 0.0735 e. The first kappa shape index (κ1) is 11.7. The highest BCUT2D eigenvalue weighted by Crippen LogP contribution is 2.32. The SMILES string of the molecule is Cc1ccc2c(C3CCN(C)CC3)nn(C)c2c1. The summed E-state index contributed by atoms with van der Waals surface area (Å²) in [5.74, 6) is 0.632. The fraction of sp³-hybridized carbons (Fsp3) is 0.533. The second-order valence-electron chi connectivity index (χ2n) is 5.61. The van der Waals surface area contributed by atoms with Crippen LogP contribution >= 0.6 is 0 Å². The largest absolute Gasteiger partial charge is 0.306 e. The zero-order valence-electron chi connectivity index (χ0n) is 11.5. The predicted molar refractivity (Wildman–Crippen MR) is 74.9 cm³/mol. The van der Waals surface area contributed by atoms with E-state index < -0.39 is 0 Å². The molecule has 0 unspecified atom stereocenters. The minimum atomic E-state index is 0.632. The second kappa shape index (κ2) is 4.39. The summed E-state index contributed by atoms with van der Waals surface area (Å²) in [4.78, 5) is 2.41. The average Bonchev–Trinajstić information content (AvgIpc) is 2.68. The van der Waals surface area contributed by atoms with E-state index in [-0.39, 0.29) is 0 Å². The molecule has 3 nitrogen and oxygen atoms in total. The third-order valence-corrected chi connectivity index (χ3v) is 4.14. The van der Waals surface area contributed by atoms with E-state index in [1.165, 1.54) is 48.1 Å². The minimum absolute atomic E-state index is 0.632. The molecule has 2 aromatic rings. The molecule has 96 valence electrons. The van der Waals surface area contributed by atoms with Crippen LogP contribution in [0, 0.1) is 6.92 Å². The van der Waals surface area contributed by atoms with Crippen LogP contribution in [0.15, 0.2) is 18.2 Å². The van der Waals surface area contributed by atoms with Crippen LogP contribution in [0.4, 0.5) is 0 Å². The van der Waals surface area contributed by atoms with Crippen LogP contribution in [0.5, 0.6) is 0 Å². The molecule has 1 aliphatic heterocycles. The molecule has 0 radical (unpaired) electrons. The molecule has 0 spiro atoms. The zero-order valence-corrected chi connectivity index (χ0v) is 11.5. The molecule has 1 fully saturated rings. The molecule has 3 heteroatoms. The van der Waals surface area contributed by atoms with Gasteiger partial charge in [0.1, 0.15) is 0 Å². The van der Waals surface area contributed by atoms with Crippen molar-refractivity contribution in [3.05, 3.63) is 29.5 Å². The number of hydrogen-bond acceptors (Lipinski definition) is 2. The van der Waals surface area contributed by atoms with E-state index in [1.807, 2.05) is 4.68 Å². The number of aromatic nitrogens is 2. The van der Waals surface area contributed by atoms with Gasteiger partial charge in [0.05, 0.1) is 11.2 Å². The molecule has 2 heterocycles. The Morgan fingerprint density at radius 2 is 1.89 bits per heavy atom. The standard InChI is InChI=1S/C15H21N3/c1-11-4-5-13-14(10-11)18(3)16-15(13)12-6-8-17(2)9-7-12/h4-5,10,12H,6-9H2,1-3H3. The van der Waals surface area contributed by atoms with Crippen LogP contribution < -0.4 is 0 Å². The summed E-state index contributed by atoms with van der Waals surface area (Å²) < 4.78 is 2.04. The van der Waals surface area contributed by atoms with E-state index in [4.69, 9.17) is 5.10 Å². The number of rotatable bonds is 1. The number of nitrogens with zero attached hydrogens (tertiary/aromatic N) is 3. The highest BCUT2D eigenvalue weighted by Gasteiger charge is 2.23. The highest BCUT2D eigenvalue weighted by atomic mass is 15.3. The van der Waals surface area contributed by atoms with Gasteiger partial charge in [0, 0.05) is 18.4 Å². The Morgan fingerprint density at radius 1 is 1.17 bits per heavy atom. The van der Waals surface area contributed by atoms with Crippen molar-refractivity contribution in [2.75, 3.05) is 20.1 Å². The van der Waals surface area contributed by atoms with E-state index >= 15 is 0 Å². The zero-order chi connectivity index (χ0) is 12.7. The maximum Gasteiger partial charge on any atom is 0.0735 e. The topological polar surface area (TPSA) is 21.1 Å². The van der Waals surface area contributed by atoms with Crippen molar-refractivity contribution in [3.63, 3.8) is 0 Å². The minimum Gasteiger partial charge on any atom is -0.306 e. The number of hydrogen-bond donors (Lipinski definition) is 0. The van der Waals surface area contributed by atoms with Crippen molar-refractivity contribution < 1.29 is 0 Å². The van der Waals surface area contributed by atoms with E-state index in [0.29, 0.717) is 5.92 Å². The molecular formula is C15H21N3. The Labute approximate surface area is 108 Å². The normalized spacial score (nSPS) is 18.6. The van der Waals surface area contributed by atoms with Gasteiger partial charge in [-0.15, -0.1) is 0 Å². The number of likely N-dealkylation sites (tertiary alicyclic amines) is 1. The molecule has 1 aliphatic rings. The van der Waals surface area contributed by atoms with Crippen molar-refractivity contribution in [1.29, 1.82) is 0 Å². The number of piperidine rings is 1. The molecule has 0 aliphatic carbocycles. The summed E-state index contributed by atoms with van der Waals surface area (Å²) in [7, 11) is 4.26. The molecule has 1 saturated heterocycles. The van der Waals surface area contributed by atoms with Crippen molar-refractivity contribution in [3.8, 4) is 0 Å². The first-order valence-corrected chi connectivity index (χ1v) is 6.77. The summed E-state index contributed by atoms with van der Waals surface area (Å²) in [5, 5.41) is 6.12. The lowest BCUT2D eigenvalue weighted by molar-refractivity contribution is 0.253. The van der Waals surface area contributed by atoms with E-state index in [2.05, 4.69) is 44.1 Å². The first-order chi connectivity index (χ1) is 8.65. The van der Waals surface area contributed by atoms with Gasteiger partial charge in [-0.1, -0.05) is 12.1 Å². The average molecular weight is 243 g/mol. The number of aryl methyl sites for hydroxylation is 2. The van der Waals surface area contributed by atoms with Crippen molar-refractivity contribution in [1.82, 2.24) is 14.7 Å².